The second kappa shape index (κ2) is 5.58. The Hall–Kier alpha value is -0.120. The van der Waals surface area contributed by atoms with E-state index in [4.69, 9.17) is 5.11 Å². The third kappa shape index (κ3) is 2.66. The van der Waals surface area contributed by atoms with Crippen LogP contribution in [-0.2, 0) is 0 Å². The summed E-state index contributed by atoms with van der Waals surface area (Å²) < 4.78 is 0. The molecule has 0 bridgehead atoms. The maximum atomic E-state index is 9.66. The fraction of sp³-hybridized carbons (Fsp3) is 1.00. The Bertz CT molecular complexity index is 136. The molecular formula is C10H22O3. The van der Waals surface area contributed by atoms with Crippen LogP contribution in [0.3, 0.4) is 0 Å². The third-order valence-electron chi connectivity index (χ3n) is 3.00. The van der Waals surface area contributed by atoms with Crippen molar-refractivity contribution in [1.29, 1.82) is 0 Å². The Morgan fingerprint density at radius 3 is 2.00 bits per heavy atom. The summed E-state index contributed by atoms with van der Waals surface area (Å²) in [6.45, 7) is 5.59. The van der Waals surface area contributed by atoms with Gasteiger partial charge in [0.15, 0.2) is 0 Å². The lowest BCUT2D eigenvalue weighted by Crippen LogP contribution is -2.45. The minimum atomic E-state index is -0.822. The lowest BCUT2D eigenvalue weighted by molar-refractivity contribution is -0.0789. The lowest BCUT2D eigenvalue weighted by Gasteiger charge is -2.39. The van der Waals surface area contributed by atoms with Crippen LogP contribution in [0, 0.1) is 11.3 Å². The summed E-state index contributed by atoms with van der Waals surface area (Å²) in [5, 5.41) is 27.9. The van der Waals surface area contributed by atoms with Crippen LogP contribution in [0.1, 0.15) is 33.6 Å². The van der Waals surface area contributed by atoms with Gasteiger partial charge >= 0.3 is 0 Å². The molecule has 0 saturated heterocycles. The topological polar surface area (TPSA) is 60.7 Å². The molecule has 0 aliphatic rings. The van der Waals surface area contributed by atoms with E-state index in [1.54, 1.807) is 0 Å². The molecule has 0 aromatic carbocycles. The van der Waals surface area contributed by atoms with Crippen LogP contribution in [0.25, 0.3) is 0 Å². The van der Waals surface area contributed by atoms with E-state index in [-0.39, 0.29) is 19.1 Å². The van der Waals surface area contributed by atoms with Crippen molar-refractivity contribution in [2.75, 3.05) is 13.2 Å². The van der Waals surface area contributed by atoms with Gasteiger partial charge in [0, 0.05) is 5.41 Å². The maximum absolute atomic E-state index is 9.66. The Morgan fingerprint density at radius 2 is 1.77 bits per heavy atom. The molecule has 80 valence electrons. The Morgan fingerprint density at radius 1 is 1.23 bits per heavy atom. The van der Waals surface area contributed by atoms with Gasteiger partial charge in [0.2, 0.25) is 0 Å². The van der Waals surface area contributed by atoms with E-state index in [1.807, 2.05) is 20.8 Å². The first-order valence-corrected chi connectivity index (χ1v) is 4.95. The van der Waals surface area contributed by atoms with Crippen molar-refractivity contribution >= 4 is 0 Å². The molecule has 0 fully saturated rings. The number of aliphatic hydroxyl groups is 3. The Kier molecular flexibility index (Phi) is 5.53. The first-order chi connectivity index (χ1) is 6.05. The Labute approximate surface area is 80.4 Å². The number of hydrogen-bond donors (Lipinski definition) is 3. The van der Waals surface area contributed by atoms with Crippen molar-refractivity contribution in [3.8, 4) is 0 Å². The Balaban J connectivity index is 4.63. The predicted octanol–water partition coefficient (Wildman–Crippen LogP) is 0.774. The number of hydrogen-bond acceptors (Lipinski definition) is 3. The zero-order valence-electron chi connectivity index (χ0n) is 8.82. The molecule has 0 aromatic heterocycles. The molecule has 2 unspecified atom stereocenters. The zero-order valence-corrected chi connectivity index (χ0v) is 8.82. The molecule has 0 aliphatic heterocycles. The van der Waals surface area contributed by atoms with E-state index in [1.165, 1.54) is 0 Å². The summed E-state index contributed by atoms with van der Waals surface area (Å²) in [4.78, 5) is 0. The van der Waals surface area contributed by atoms with Crippen molar-refractivity contribution in [2.24, 2.45) is 11.3 Å². The lowest BCUT2D eigenvalue weighted by atomic mass is 9.70. The van der Waals surface area contributed by atoms with Gasteiger partial charge in [0.05, 0.1) is 19.3 Å². The standard InChI is InChI=1S/C10H22O3/c1-4-5-10(7-12,8(2)3)9(13)6-11/h8-9,11-13H,4-7H2,1-3H3. The average Bonchev–Trinajstić information content (AvgIpc) is 2.12. The summed E-state index contributed by atoms with van der Waals surface area (Å²) in [5.74, 6) is 0.166. The molecule has 2 atom stereocenters. The molecule has 0 heterocycles. The SMILES string of the molecule is CCCC(CO)(C(C)C)C(O)CO. The van der Waals surface area contributed by atoms with Gasteiger partial charge in [0.25, 0.3) is 0 Å². The van der Waals surface area contributed by atoms with Gasteiger partial charge in [0.1, 0.15) is 0 Å². The third-order valence-corrected chi connectivity index (χ3v) is 3.00. The highest BCUT2D eigenvalue weighted by atomic mass is 16.3. The minimum absolute atomic E-state index is 0.0692. The summed E-state index contributed by atoms with van der Waals surface area (Å²) in [7, 11) is 0. The maximum Gasteiger partial charge on any atom is 0.0851 e. The highest BCUT2D eigenvalue weighted by molar-refractivity contribution is 4.88. The van der Waals surface area contributed by atoms with E-state index >= 15 is 0 Å². The molecule has 3 N–H and O–H groups in total. The van der Waals surface area contributed by atoms with Crippen LogP contribution in [0.2, 0.25) is 0 Å². The predicted molar refractivity (Wildman–Crippen MR) is 52.4 cm³/mol. The van der Waals surface area contributed by atoms with Gasteiger partial charge in [-0.3, -0.25) is 0 Å². The van der Waals surface area contributed by atoms with Crippen LogP contribution in [0.4, 0.5) is 0 Å². The summed E-state index contributed by atoms with van der Waals surface area (Å²) in [6.07, 6.45) is 0.816. The number of aliphatic hydroxyl groups excluding tert-OH is 3. The molecule has 0 spiro atoms. The van der Waals surface area contributed by atoms with Gasteiger partial charge in [-0.25, -0.2) is 0 Å². The van der Waals surface area contributed by atoms with Gasteiger partial charge in [-0.1, -0.05) is 27.2 Å². The van der Waals surface area contributed by atoms with Crippen molar-refractivity contribution in [3.63, 3.8) is 0 Å². The summed E-state index contributed by atoms with van der Waals surface area (Å²) in [6, 6.07) is 0. The minimum Gasteiger partial charge on any atom is -0.396 e. The molecule has 0 amide bonds. The van der Waals surface area contributed by atoms with E-state index in [9.17, 15) is 10.2 Å². The highest BCUT2D eigenvalue weighted by Crippen LogP contribution is 2.36. The molecule has 3 heteroatoms. The molecule has 0 aromatic rings. The smallest absolute Gasteiger partial charge is 0.0851 e. The molecule has 3 nitrogen and oxygen atoms in total. The largest absolute Gasteiger partial charge is 0.396 e. The van der Waals surface area contributed by atoms with Crippen molar-refractivity contribution < 1.29 is 15.3 Å². The molecule has 13 heavy (non-hydrogen) atoms. The first kappa shape index (κ1) is 12.9. The van der Waals surface area contributed by atoms with E-state index in [0.29, 0.717) is 0 Å². The van der Waals surface area contributed by atoms with Crippen LogP contribution in [0.15, 0.2) is 0 Å². The summed E-state index contributed by atoms with van der Waals surface area (Å²) >= 11 is 0. The van der Waals surface area contributed by atoms with Gasteiger partial charge < -0.3 is 15.3 Å². The molecule has 0 saturated carbocycles. The summed E-state index contributed by atoms with van der Waals surface area (Å²) in [5.41, 5.74) is -0.538. The first-order valence-electron chi connectivity index (χ1n) is 4.95. The van der Waals surface area contributed by atoms with Crippen molar-refractivity contribution in [1.82, 2.24) is 0 Å². The van der Waals surface area contributed by atoms with Gasteiger partial charge in [-0.15, -0.1) is 0 Å². The zero-order chi connectivity index (χ0) is 10.5. The average molecular weight is 190 g/mol. The molecule has 0 aliphatic carbocycles. The van der Waals surface area contributed by atoms with Crippen LogP contribution < -0.4 is 0 Å². The highest BCUT2D eigenvalue weighted by Gasteiger charge is 2.39. The second-order valence-electron chi connectivity index (χ2n) is 3.99. The molecule has 0 radical (unpaired) electrons. The quantitative estimate of drug-likeness (QED) is 0.580. The monoisotopic (exact) mass is 190 g/mol. The van der Waals surface area contributed by atoms with Gasteiger partial charge in [-0.05, 0) is 12.3 Å². The van der Waals surface area contributed by atoms with Crippen LogP contribution >= 0.6 is 0 Å². The number of rotatable bonds is 6. The van der Waals surface area contributed by atoms with Crippen molar-refractivity contribution in [3.05, 3.63) is 0 Å². The van der Waals surface area contributed by atoms with Gasteiger partial charge in [-0.2, -0.15) is 0 Å². The van der Waals surface area contributed by atoms with Crippen molar-refractivity contribution in [2.45, 2.75) is 39.7 Å². The second-order valence-corrected chi connectivity index (χ2v) is 3.99. The van der Waals surface area contributed by atoms with E-state index < -0.39 is 11.5 Å². The molecule has 0 rings (SSSR count). The molecular weight excluding hydrogens is 168 g/mol. The fourth-order valence-corrected chi connectivity index (χ4v) is 1.85. The van der Waals surface area contributed by atoms with Crippen LogP contribution in [0.5, 0.6) is 0 Å². The fourth-order valence-electron chi connectivity index (χ4n) is 1.85. The van der Waals surface area contributed by atoms with Crippen LogP contribution in [-0.4, -0.2) is 34.6 Å². The van der Waals surface area contributed by atoms with E-state index in [2.05, 4.69) is 0 Å². The normalized spacial score (nSPS) is 18.7. The van der Waals surface area contributed by atoms with E-state index in [0.717, 1.165) is 12.8 Å².